The Bertz CT molecular complexity index is 2240. The van der Waals surface area contributed by atoms with Gasteiger partial charge in [0.05, 0.1) is 15.2 Å². The molecule has 48 heavy (non-hydrogen) atoms. The van der Waals surface area contributed by atoms with Gasteiger partial charge in [0.1, 0.15) is 16.0 Å². The third-order valence-electron chi connectivity index (χ3n) is 8.26. The standard InChI is InChI=1S/C40H28N4O2S2/c1-5-13-27(14-6-1)43(28-15-7-2-8-16-28)37-23-21-35(47-37)39-41-31-25-32-34(26-33(31)45-39)46-40(42-32)36-22-24-38(48-36)44(29-17-9-3-10-18-29)30-19-11-4-12-20-30/h1-21,23-26,36H,22H2. The summed E-state index contributed by atoms with van der Waals surface area (Å²) in [5.41, 5.74) is 7.33. The van der Waals surface area contributed by atoms with Crippen molar-refractivity contribution >= 4 is 73.0 Å². The van der Waals surface area contributed by atoms with E-state index in [0.717, 1.165) is 55.1 Å². The third-order valence-corrected chi connectivity index (χ3v) is 10.6. The summed E-state index contributed by atoms with van der Waals surface area (Å²) in [6.07, 6.45) is 3.10. The molecule has 0 spiro atoms. The number of nitrogens with zero attached hydrogens (tertiary/aromatic N) is 4. The van der Waals surface area contributed by atoms with Crippen LogP contribution in [-0.2, 0) is 0 Å². The maximum Gasteiger partial charge on any atom is 0.237 e. The Kier molecular flexibility index (Phi) is 7.29. The van der Waals surface area contributed by atoms with Crippen LogP contribution in [0.2, 0.25) is 0 Å². The van der Waals surface area contributed by atoms with E-state index >= 15 is 0 Å². The van der Waals surface area contributed by atoms with Crippen LogP contribution in [0.5, 0.6) is 0 Å². The largest absolute Gasteiger partial charge is 0.439 e. The van der Waals surface area contributed by atoms with Crippen molar-refractivity contribution in [1.82, 2.24) is 9.97 Å². The first-order valence-corrected chi connectivity index (χ1v) is 17.4. The van der Waals surface area contributed by atoms with E-state index in [4.69, 9.17) is 18.8 Å². The molecule has 0 saturated heterocycles. The fourth-order valence-electron chi connectivity index (χ4n) is 6.03. The van der Waals surface area contributed by atoms with Gasteiger partial charge in [-0.3, -0.25) is 0 Å². The zero-order chi connectivity index (χ0) is 31.9. The molecule has 0 N–H and O–H groups in total. The molecule has 1 aliphatic rings. The summed E-state index contributed by atoms with van der Waals surface area (Å²) in [6, 6.07) is 49.7. The van der Waals surface area contributed by atoms with Gasteiger partial charge in [-0.15, -0.1) is 11.3 Å². The van der Waals surface area contributed by atoms with Gasteiger partial charge in [0, 0.05) is 28.8 Å². The molecule has 6 nitrogen and oxygen atoms in total. The predicted octanol–water partition coefficient (Wildman–Crippen LogP) is 12.0. The molecular weight excluding hydrogens is 633 g/mol. The van der Waals surface area contributed by atoms with Gasteiger partial charge in [0.15, 0.2) is 11.2 Å². The normalized spacial score (nSPS) is 14.4. The molecule has 0 radical (unpaired) electrons. The molecule has 8 aromatic rings. The first-order chi connectivity index (χ1) is 23.8. The second kappa shape index (κ2) is 12.2. The molecule has 0 aliphatic carbocycles. The molecule has 1 aliphatic heterocycles. The minimum atomic E-state index is 0.0684. The Labute approximate surface area is 285 Å². The number of anilines is 5. The number of rotatable bonds is 8. The summed E-state index contributed by atoms with van der Waals surface area (Å²) >= 11 is 3.42. The lowest BCUT2D eigenvalue weighted by molar-refractivity contribution is 0.526. The van der Waals surface area contributed by atoms with Crippen LogP contribution < -0.4 is 9.80 Å². The Morgan fingerprint density at radius 1 is 0.562 bits per heavy atom. The smallest absolute Gasteiger partial charge is 0.237 e. The van der Waals surface area contributed by atoms with Crippen LogP contribution in [0.3, 0.4) is 0 Å². The van der Waals surface area contributed by atoms with E-state index in [9.17, 15) is 0 Å². The SMILES string of the molecule is C1=C(N(c2ccccc2)c2ccccc2)SC(c2nc3cc4nc(-c5ccc(N(c6ccccc6)c6ccccc6)s5)oc4cc3o2)C1. The molecule has 232 valence electrons. The van der Waals surface area contributed by atoms with Crippen molar-refractivity contribution in [3.8, 4) is 10.8 Å². The van der Waals surface area contributed by atoms with Crippen molar-refractivity contribution in [2.45, 2.75) is 11.7 Å². The van der Waals surface area contributed by atoms with Gasteiger partial charge in [-0.25, -0.2) is 9.97 Å². The molecule has 9 rings (SSSR count). The monoisotopic (exact) mass is 660 g/mol. The van der Waals surface area contributed by atoms with Crippen LogP contribution in [0.15, 0.2) is 166 Å². The lowest BCUT2D eigenvalue weighted by Gasteiger charge is -2.26. The van der Waals surface area contributed by atoms with E-state index in [1.165, 1.54) is 0 Å². The molecule has 1 atom stereocenters. The van der Waals surface area contributed by atoms with Gasteiger partial charge in [-0.05, 0) is 73.2 Å². The van der Waals surface area contributed by atoms with Crippen LogP contribution in [0.25, 0.3) is 33.0 Å². The van der Waals surface area contributed by atoms with Crippen molar-refractivity contribution in [1.29, 1.82) is 0 Å². The van der Waals surface area contributed by atoms with Crippen LogP contribution in [0.1, 0.15) is 17.6 Å². The highest BCUT2D eigenvalue weighted by Gasteiger charge is 2.29. The molecule has 0 amide bonds. The van der Waals surface area contributed by atoms with Crippen molar-refractivity contribution in [2.24, 2.45) is 0 Å². The minimum absolute atomic E-state index is 0.0684. The van der Waals surface area contributed by atoms with E-state index in [1.807, 2.05) is 36.4 Å². The summed E-state index contributed by atoms with van der Waals surface area (Å²) < 4.78 is 12.7. The zero-order valence-corrected chi connectivity index (χ0v) is 27.3. The maximum absolute atomic E-state index is 6.37. The molecule has 1 unspecified atom stereocenters. The van der Waals surface area contributed by atoms with Gasteiger partial charge < -0.3 is 18.6 Å². The third kappa shape index (κ3) is 5.35. The van der Waals surface area contributed by atoms with Crippen molar-refractivity contribution < 1.29 is 8.83 Å². The summed E-state index contributed by atoms with van der Waals surface area (Å²) in [7, 11) is 0. The van der Waals surface area contributed by atoms with Crippen molar-refractivity contribution in [2.75, 3.05) is 9.80 Å². The van der Waals surface area contributed by atoms with E-state index in [1.54, 1.807) is 23.1 Å². The minimum Gasteiger partial charge on any atom is -0.439 e. The Balaban J connectivity index is 0.984. The highest BCUT2D eigenvalue weighted by molar-refractivity contribution is 8.03. The van der Waals surface area contributed by atoms with Crippen LogP contribution in [-0.4, -0.2) is 9.97 Å². The van der Waals surface area contributed by atoms with Gasteiger partial charge in [0.2, 0.25) is 11.8 Å². The number of hydrogen-bond donors (Lipinski definition) is 0. The highest BCUT2D eigenvalue weighted by atomic mass is 32.2. The number of allylic oxidation sites excluding steroid dienone is 1. The number of oxazole rings is 2. The van der Waals surface area contributed by atoms with Crippen LogP contribution >= 0.6 is 23.1 Å². The number of fused-ring (bicyclic) bond motifs is 2. The quantitative estimate of drug-likeness (QED) is 0.161. The number of benzene rings is 5. The topological polar surface area (TPSA) is 58.5 Å². The molecule has 0 bridgehead atoms. The number of thiophene rings is 1. The number of hydrogen-bond acceptors (Lipinski definition) is 8. The van der Waals surface area contributed by atoms with Crippen LogP contribution in [0.4, 0.5) is 27.8 Å². The molecule has 4 heterocycles. The number of para-hydroxylation sites is 4. The summed E-state index contributed by atoms with van der Waals surface area (Å²) in [5, 5.41) is 2.30. The van der Waals surface area contributed by atoms with Crippen molar-refractivity contribution in [3.05, 3.63) is 163 Å². The number of thioether (sulfide) groups is 1. The molecule has 3 aromatic heterocycles. The molecule has 0 saturated carbocycles. The average molecular weight is 661 g/mol. The summed E-state index contributed by atoms with van der Waals surface area (Å²) in [5.74, 6) is 1.29. The second-order valence-corrected chi connectivity index (χ2v) is 13.7. The van der Waals surface area contributed by atoms with E-state index < -0.39 is 0 Å². The molecular formula is C40H28N4O2S2. The van der Waals surface area contributed by atoms with Crippen molar-refractivity contribution in [3.63, 3.8) is 0 Å². The maximum atomic E-state index is 6.37. The first-order valence-electron chi connectivity index (χ1n) is 15.8. The molecule has 5 aromatic carbocycles. The van der Waals surface area contributed by atoms with E-state index in [0.29, 0.717) is 22.9 Å². The number of aromatic nitrogens is 2. The average Bonchev–Trinajstić information content (AvgIpc) is 3.96. The fourth-order valence-corrected chi connectivity index (χ4v) is 8.20. The van der Waals surface area contributed by atoms with Gasteiger partial charge in [-0.1, -0.05) is 90.6 Å². The lowest BCUT2D eigenvalue weighted by atomic mass is 10.2. The zero-order valence-electron chi connectivity index (χ0n) is 25.6. The Morgan fingerprint density at radius 2 is 1.10 bits per heavy atom. The highest BCUT2D eigenvalue weighted by Crippen LogP contribution is 2.49. The predicted molar refractivity (Wildman–Crippen MR) is 198 cm³/mol. The van der Waals surface area contributed by atoms with Gasteiger partial charge >= 0.3 is 0 Å². The summed E-state index contributed by atoms with van der Waals surface area (Å²) in [4.78, 5) is 15.3. The second-order valence-electron chi connectivity index (χ2n) is 11.4. The van der Waals surface area contributed by atoms with Gasteiger partial charge in [0.25, 0.3) is 0 Å². The Hall–Kier alpha value is -5.57. The fraction of sp³-hybridized carbons (Fsp3) is 0.0500. The molecule has 0 fully saturated rings. The van der Waals surface area contributed by atoms with E-state index in [-0.39, 0.29) is 5.25 Å². The first kappa shape index (κ1) is 28.6. The lowest BCUT2D eigenvalue weighted by Crippen LogP contribution is -2.13. The van der Waals surface area contributed by atoms with Gasteiger partial charge in [-0.2, -0.15) is 0 Å². The van der Waals surface area contributed by atoms with E-state index in [2.05, 4.69) is 125 Å². The Morgan fingerprint density at radius 3 is 1.71 bits per heavy atom. The van der Waals surface area contributed by atoms with Crippen LogP contribution in [0, 0.1) is 0 Å². The summed E-state index contributed by atoms with van der Waals surface area (Å²) in [6.45, 7) is 0. The molecule has 8 heteroatoms.